The molecule has 0 saturated heterocycles. The zero-order chi connectivity index (χ0) is 18.5. The van der Waals surface area contributed by atoms with Crippen LogP contribution in [0, 0.1) is 35.2 Å². The Kier molecular flexibility index (Phi) is 6.04. The van der Waals surface area contributed by atoms with Crippen LogP contribution in [0.1, 0.15) is 68.1 Å². The van der Waals surface area contributed by atoms with Gasteiger partial charge in [-0.15, -0.1) is 0 Å². The molecule has 26 heavy (non-hydrogen) atoms. The average Bonchev–Trinajstić information content (AvgIpc) is 2.64. The van der Waals surface area contributed by atoms with Crippen LogP contribution >= 0.6 is 0 Å². The van der Waals surface area contributed by atoms with E-state index in [0.717, 1.165) is 36.5 Å². The molecule has 0 unspecified atom stereocenters. The van der Waals surface area contributed by atoms with Crippen LogP contribution in [0.2, 0.25) is 0 Å². The smallest absolute Gasteiger partial charge is 0.160 e. The van der Waals surface area contributed by atoms with Gasteiger partial charge in [-0.25, -0.2) is 13.2 Å². The van der Waals surface area contributed by atoms with E-state index in [9.17, 15) is 13.2 Å². The maximum atomic E-state index is 14.4. The Hall–Kier alpha value is -2.21. The minimum absolute atomic E-state index is 0.276. The second-order valence-corrected chi connectivity index (χ2v) is 7.12. The van der Waals surface area contributed by atoms with Crippen molar-refractivity contribution in [3.63, 3.8) is 0 Å². The predicted octanol–water partition coefficient (Wildman–Crippen LogP) is 6.58. The molecule has 0 radical (unpaired) electrons. The van der Waals surface area contributed by atoms with Crippen molar-refractivity contribution in [3.05, 3.63) is 70.5 Å². The number of benzene rings is 2. The molecule has 1 aliphatic rings. The summed E-state index contributed by atoms with van der Waals surface area (Å²) in [5.41, 5.74) is 1.63. The summed E-state index contributed by atoms with van der Waals surface area (Å²) in [6.07, 6.45) is 7.19. The van der Waals surface area contributed by atoms with Crippen molar-refractivity contribution in [2.75, 3.05) is 0 Å². The van der Waals surface area contributed by atoms with Crippen molar-refractivity contribution < 1.29 is 13.2 Å². The number of hydrogen-bond donors (Lipinski definition) is 0. The van der Waals surface area contributed by atoms with Gasteiger partial charge < -0.3 is 0 Å². The molecule has 136 valence electrons. The average molecular weight is 356 g/mol. The minimum Gasteiger partial charge on any atom is -0.206 e. The van der Waals surface area contributed by atoms with E-state index in [1.165, 1.54) is 31.7 Å². The molecule has 0 nitrogen and oxygen atoms in total. The molecule has 0 spiro atoms. The summed E-state index contributed by atoms with van der Waals surface area (Å²) in [4.78, 5) is 0. The van der Waals surface area contributed by atoms with Gasteiger partial charge in [0.05, 0.1) is 5.56 Å². The van der Waals surface area contributed by atoms with Crippen molar-refractivity contribution in [1.29, 1.82) is 0 Å². The molecule has 2 aromatic rings. The lowest BCUT2D eigenvalue weighted by Crippen LogP contribution is -2.13. The topological polar surface area (TPSA) is 0 Å². The van der Waals surface area contributed by atoms with Gasteiger partial charge in [0, 0.05) is 5.56 Å². The third-order valence-electron chi connectivity index (χ3n) is 5.27. The molecule has 1 fully saturated rings. The van der Waals surface area contributed by atoms with E-state index in [-0.39, 0.29) is 11.4 Å². The Labute approximate surface area is 153 Å². The zero-order valence-corrected chi connectivity index (χ0v) is 15.0. The summed E-state index contributed by atoms with van der Waals surface area (Å²) in [5, 5.41) is 0. The molecule has 0 N–H and O–H groups in total. The van der Waals surface area contributed by atoms with Gasteiger partial charge in [0.15, 0.2) is 11.6 Å². The normalized spacial score (nSPS) is 19.7. The summed E-state index contributed by atoms with van der Waals surface area (Å²) < 4.78 is 40.5. The summed E-state index contributed by atoms with van der Waals surface area (Å²) in [6.45, 7) is 2.22. The van der Waals surface area contributed by atoms with Gasteiger partial charge in [-0.3, -0.25) is 0 Å². The minimum atomic E-state index is -0.953. The number of rotatable bonds is 3. The van der Waals surface area contributed by atoms with Crippen LogP contribution in [0.5, 0.6) is 0 Å². The van der Waals surface area contributed by atoms with Crippen LogP contribution in [0.3, 0.4) is 0 Å². The van der Waals surface area contributed by atoms with Crippen LogP contribution < -0.4 is 0 Å². The van der Waals surface area contributed by atoms with Crippen LogP contribution in [0.25, 0.3) is 0 Å². The van der Waals surface area contributed by atoms with Crippen LogP contribution in [-0.4, -0.2) is 0 Å². The highest BCUT2D eigenvalue weighted by molar-refractivity contribution is 5.44. The van der Waals surface area contributed by atoms with E-state index in [0.29, 0.717) is 11.5 Å². The third kappa shape index (κ3) is 4.49. The highest BCUT2D eigenvalue weighted by atomic mass is 19.2. The Morgan fingerprint density at radius 2 is 1.62 bits per heavy atom. The van der Waals surface area contributed by atoms with Crippen molar-refractivity contribution in [2.45, 2.75) is 51.4 Å². The molecule has 0 atom stereocenters. The van der Waals surface area contributed by atoms with Gasteiger partial charge in [0.2, 0.25) is 0 Å². The van der Waals surface area contributed by atoms with Crippen molar-refractivity contribution in [2.24, 2.45) is 5.92 Å². The second-order valence-electron chi connectivity index (χ2n) is 7.12. The quantitative estimate of drug-likeness (QED) is 0.545. The molecule has 0 amide bonds. The molecule has 3 heteroatoms. The van der Waals surface area contributed by atoms with Crippen molar-refractivity contribution in [3.8, 4) is 11.8 Å². The maximum Gasteiger partial charge on any atom is 0.160 e. The third-order valence-corrected chi connectivity index (χ3v) is 5.27. The highest BCUT2D eigenvalue weighted by Crippen LogP contribution is 2.37. The second kappa shape index (κ2) is 8.45. The first kappa shape index (κ1) is 18.6. The van der Waals surface area contributed by atoms with Crippen LogP contribution in [0.15, 0.2) is 36.4 Å². The Morgan fingerprint density at radius 3 is 2.27 bits per heavy atom. The first-order valence-corrected chi connectivity index (χ1v) is 9.33. The summed E-state index contributed by atoms with van der Waals surface area (Å²) >= 11 is 0. The van der Waals surface area contributed by atoms with Gasteiger partial charge >= 0.3 is 0 Å². The fourth-order valence-corrected chi connectivity index (χ4v) is 3.79. The molecular weight excluding hydrogens is 333 g/mol. The predicted molar refractivity (Wildman–Crippen MR) is 98.3 cm³/mol. The SMILES string of the molecule is CCC[C@H]1CC[C@H](c2ccc(C#Cc3ccc(F)c(F)c3)c(F)c2)CC1. The molecule has 0 aliphatic heterocycles. The molecule has 0 heterocycles. The van der Waals surface area contributed by atoms with Crippen molar-refractivity contribution in [1.82, 2.24) is 0 Å². The molecule has 1 saturated carbocycles. The first-order chi connectivity index (χ1) is 12.6. The largest absolute Gasteiger partial charge is 0.206 e. The van der Waals surface area contributed by atoms with E-state index in [1.54, 1.807) is 12.1 Å². The standard InChI is InChI=1S/C23H23F3/c1-2-3-16-4-8-18(9-5-16)20-12-11-19(22(25)15-20)10-6-17-7-13-21(24)23(26)14-17/h7,11-16,18H,2-5,8-9H2,1H3/t16-,18-. The van der Waals surface area contributed by atoms with Gasteiger partial charge in [0.25, 0.3) is 0 Å². The molecule has 0 aromatic heterocycles. The number of halogens is 3. The monoisotopic (exact) mass is 356 g/mol. The van der Waals surface area contributed by atoms with Gasteiger partial charge in [-0.1, -0.05) is 37.7 Å². The number of hydrogen-bond acceptors (Lipinski definition) is 0. The molecule has 3 rings (SSSR count). The van der Waals surface area contributed by atoms with E-state index in [4.69, 9.17) is 0 Å². The fourth-order valence-electron chi connectivity index (χ4n) is 3.79. The van der Waals surface area contributed by atoms with E-state index < -0.39 is 11.6 Å². The van der Waals surface area contributed by atoms with Gasteiger partial charge in [-0.05, 0) is 73.4 Å². The van der Waals surface area contributed by atoms with Crippen LogP contribution in [-0.2, 0) is 0 Å². The lowest BCUT2D eigenvalue weighted by atomic mass is 9.77. The summed E-state index contributed by atoms with van der Waals surface area (Å²) in [5.74, 6) is 4.43. The van der Waals surface area contributed by atoms with Gasteiger partial charge in [-0.2, -0.15) is 0 Å². The maximum absolute atomic E-state index is 14.4. The first-order valence-electron chi connectivity index (χ1n) is 9.33. The van der Waals surface area contributed by atoms with E-state index >= 15 is 0 Å². The lowest BCUT2D eigenvalue weighted by Gasteiger charge is -2.28. The molecule has 0 bridgehead atoms. The van der Waals surface area contributed by atoms with E-state index in [1.807, 2.05) is 6.07 Å². The molecule has 2 aromatic carbocycles. The van der Waals surface area contributed by atoms with Gasteiger partial charge in [0.1, 0.15) is 5.82 Å². The Morgan fingerprint density at radius 1 is 0.846 bits per heavy atom. The lowest BCUT2D eigenvalue weighted by molar-refractivity contribution is 0.308. The molecule has 1 aliphatic carbocycles. The summed E-state index contributed by atoms with van der Waals surface area (Å²) in [7, 11) is 0. The Balaban J connectivity index is 1.70. The Bertz CT molecular complexity index is 821. The van der Waals surface area contributed by atoms with Crippen LogP contribution in [0.4, 0.5) is 13.2 Å². The summed E-state index contributed by atoms with van der Waals surface area (Å²) in [6, 6.07) is 8.64. The van der Waals surface area contributed by atoms with Crippen molar-refractivity contribution >= 4 is 0 Å². The zero-order valence-electron chi connectivity index (χ0n) is 15.0. The molecular formula is C23H23F3. The highest BCUT2D eigenvalue weighted by Gasteiger charge is 2.22. The fraction of sp³-hybridized carbons (Fsp3) is 0.391. The van der Waals surface area contributed by atoms with E-state index in [2.05, 4.69) is 18.8 Å².